The average Bonchev–Trinajstić information content (AvgIpc) is 2.94. The van der Waals surface area contributed by atoms with Crippen LogP contribution >= 0.6 is 0 Å². The first kappa shape index (κ1) is 14.2. The van der Waals surface area contributed by atoms with Gasteiger partial charge in [-0.15, -0.1) is 0 Å². The summed E-state index contributed by atoms with van der Waals surface area (Å²) in [5, 5.41) is 7.00. The zero-order valence-electron chi connectivity index (χ0n) is 12.1. The summed E-state index contributed by atoms with van der Waals surface area (Å²) in [4.78, 5) is 16.0. The molecule has 20 heavy (non-hydrogen) atoms. The van der Waals surface area contributed by atoms with E-state index in [2.05, 4.69) is 34.5 Å². The maximum Gasteiger partial charge on any atom is 0.244 e. The lowest BCUT2D eigenvalue weighted by Gasteiger charge is -2.18. The van der Waals surface area contributed by atoms with Gasteiger partial charge in [-0.1, -0.05) is 24.3 Å². The van der Waals surface area contributed by atoms with Crippen LogP contribution in [0.15, 0.2) is 36.9 Å². The van der Waals surface area contributed by atoms with Crippen LogP contribution in [0.3, 0.4) is 0 Å². The lowest BCUT2D eigenvalue weighted by atomic mass is 10.0. The van der Waals surface area contributed by atoms with E-state index in [9.17, 15) is 4.79 Å². The number of hydrogen-bond acceptors (Lipinski definition) is 3. The fraction of sp³-hybridized carbons (Fsp3) is 0.400. The predicted molar refractivity (Wildman–Crippen MR) is 77.2 cm³/mol. The maximum absolute atomic E-state index is 12.1. The second-order valence-corrected chi connectivity index (χ2v) is 5.09. The van der Waals surface area contributed by atoms with Crippen LogP contribution in [0, 0.1) is 6.92 Å². The summed E-state index contributed by atoms with van der Waals surface area (Å²) in [6, 6.07) is 7.95. The molecule has 0 aliphatic rings. The summed E-state index contributed by atoms with van der Waals surface area (Å²) in [6.07, 6.45) is 3.80. The highest BCUT2D eigenvalue weighted by atomic mass is 16.2. The number of aromatic nitrogens is 3. The van der Waals surface area contributed by atoms with Crippen molar-refractivity contribution < 1.29 is 4.79 Å². The number of carbonyl (C=O) groups excluding carboxylic acids is 1. The Balaban J connectivity index is 1.93. The van der Waals surface area contributed by atoms with Crippen LogP contribution in [0.2, 0.25) is 0 Å². The molecule has 106 valence electrons. The van der Waals surface area contributed by atoms with Crippen LogP contribution in [0.25, 0.3) is 0 Å². The van der Waals surface area contributed by atoms with Gasteiger partial charge >= 0.3 is 0 Å². The molecule has 0 spiro atoms. The minimum absolute atomic E-state index is 0.0448. The van der Waals surface area contributed by atoms with Crippen LogP contribution in [0.1, 0.15) is 31.0 Å². The number of carbonyl (C=O) groups is 1. The zero-order valence-corrected chi connectivity index (χ0v) is 12.1. The number of benzene rings is 1. The van der Waals surface area contributed by atoms with Gasteiger partial charge in [0.15, 0.2) is 0 Å². The Morgan fingerprint density at radius 2 is 2.10 bits per heavy atom. The largest absolute Gasteiger partial charge is 0.351 e. The Morgan fingerprint density at radius 3 is 2.75 bits per heavy atom. The van der Waals surface area contributed by atoms with E-state index in [1.54, 1.807) is 11.0 Å². The van der Waals surface area contributed by atoms with E-state index < -0.39 is 0 Å². The van der Waals surface area contributed by atoms with Crippen molar-refractivity contribution in [1.82, 2.24) is 20.1 Å². The molecule has 1 aromatic carbocycles. The van der Waals surface area contributed by atoms with E-state index in [0.717, 1.165) is 6.42 Å². The second kappa shape index (κ2) is 6.32. The maximum atomic E-state index is 12.1. The first-order valence-electron chi connectivity index (χ1n) is 6.77. The molecule has 2 rings (SSSR count). The molecule has 1 heterocycles. The average molecular weight is 272 g/mol. The molecule has 1 amide bonds. The van der Waals surface area contributed by atoms with Gasteiger partial charge < -0.3 is 5.32 Å². The van der Waals surface area contributed by atoms with Gasteiger partial charge in [0.25, 0.3) is 0 Å². The summed E-state index contributed by atoms with van der Waals surface area (Å²) in [6.45, 7) is 5.91. The summed E-state index contributed by atoms with van der Waals surface area (Å²) >= 11 is 0. The molecule has 0 saturated carbocycles. The fourth-order valence-corrected chi connectivity index (χ4v) is 2.12. The minimum atomic E-state index is -0.350. The molecule has 0 radical (unpaired) electrons. The van der Waals surface area contributed by atoms with Gasteiger partial charge in [0.05, 0.1) is 0 Å². The molecule has 0 aliphatic carbocycles. The molecular formula is C15H20N4O. The van der Waals surface area contributed by atoms with Gasteiger partial charge in [0.2, 0.25) is 5.91 Å². The van der Waals surface area contributed by atoms with Crippen molar-refractivity contribution in [2.24, 2.45) is 0 Å². The quantitative estimate of drug-likeness (QED) is 0.904. The molecule has 5 nitrogen and oxygen atoms in total. The summed E-state index contributed by atoms with van der Waals surface area (Å²) < 4.78 is 1.55. The Labute approximate surface area is 119 Å². The van der Waals surface area contributed by atoms with Gasteiger partial charge in [-0.2, -0.15) is 5.10 Å². The standard InChI is InChI=1S/C15H20N4O/c1-11-6-4-5-7-14(11)8-12(2)18-15(20)13(3)19-10-16-9-17-19/h4-7,9-10,12-13H,8H2,1-3H3,(H,18,20)/t12-,13+/m0/s1. The molecule has 1 aromatic heterocycles. The molecule has 1 N–H and O–H groups in total. The zero-order chi connectivity index (χ0) is 14.5. The summed E-state index contributed by atoms with van der Waals surface area (Å²) in [7, 11) is 0. The number of nitrogens with zero attached hydrogens (tertiary/aromatic N) is 3. The first-order valence-corrected chi connectivity index (χ1v) is 6.77. The second-order valence-electron chi connectivity index (χ2n) is 5.09. The minimum Gasteiger partial charge on any atom is -0.351 e. The van der Waals surface area contributed by atoms with Crippen LogP contribution in [-0.2, 0) is 11.2 Å². The van der Waals surface area contributed by atoms with Crippen molar-refractivity contribution >= 4 is 5.91 Å². The van der Waals surface area contributed by atoms with E-state index in [4.69, 9.17) is 0 Å². The number of nitrogens with one attached hydrogen (secondary N) is 1. The van der Waals surface area contributed by atoms with Gasteiger partial charge in [-0.25, -0.2) is 9.67 Å². The molecular weight excluding hydrogens is 252 g/mol. The van der Waals surface area contributed by atoms with Gasteiger partial charge in [-0.3, -0.25) is 4.79 Å². The third-order valence-electron chi connectivity index (χ3n) is 3.39. The molecule has 5 heteroatoms. The van der Waals surface area contributed by atoms with E-state index in [-0.39, 0.29) is 18.0 Å². The van der Waals surface area contributed by atoms with Gasteiger partial charge in [-0.05, 0) is 38.3 Å². The lowest BCUT2D eigenvalue weighted by molar-refractivity contribution is -0.124. The van der Waals surface area contributed by atoms with Crippen molar-refractivity contribution in [3.63, 3.8) is 0 Å². The number of amides is 1. The Kier molecular flexibility index (Phi) is 4.50. The van der Waals surface area contributed by atoms with Crippen molar-refractivity contribution in [1.29, 1.82) is 0 Å². The normalized spacial score (nSPS) is 13.8. The lowest BCUT2D eigenvalue weighted by Crippen LogP contribution is -2.38. The monoisotopic (exact) mass is 272 g/mol. The summed E-state index contributed by atoms with van der Waals surface area (Å²) in [5.41, 5.74) is 2.51. The highest BCUT2D eigenvalue weighted by molar-refractivity contribution is 5.80. The first-order chi connectivity index (χ1) is 9.58. The molecule has 2 aromatic rings. The molecule has 0 aliphatic heterocycles. The SMILES string of the molecule is Cc1ccccc1C[C@H](C)NC(=O)[C@@H](C)n1cncn1. The molecule has 0 bridgehead atoms. The summed E-state index contributed by atoms with van der Waals surface area (Å²) in [5.74, 6) is -0.0448. The molecule has 2 atom stereocenters. The van der Waals surface area contributed by atoms with E-state index in [0.29, 0.717) is 0 Å². The molecule has 0 unspecified atom stereocenters. The number of aryl methyl sites for hydroxylation is 1. The van der Waals surface area contributed by atoms with Gasteiger partial charge in [0, 0.05) is 6.04 Å². The van der Waals surface area contributed by atoms with Crippen LogP contribution in [-0.4, -0.2) is 26.7 Å². The van der Waals surface area contributed by atoms with E-state index in [1.165, 1.54) is 17.5 Å². The van der Waals surface area contributed by atoms with Crippen LogP contribution in [0.5, 0.6) is 0 Å². The predicted octanol–water partition coefficient (Wildman–Crippen LogP) is 1.89. The van der Waals surface area contributed by atoms with Crippen molar-refractivity contribution in [2.75, 3.05) is 0 Å². The van der Waals surface area contributed by atoms with E-state index >= 15 is 0 Å². The third kappa shape index (κ3) is 3.44. The number of hydrogen-bond donors (Lipinski definition) is 1. The van der Waals surface area contributed by atoms with Crippen molar-refractivity contribution in [3.8, 4) is 0 Å². The smallest absolute Gasteiger partial charge is 0.244 e. The fourth-order valence-electron chi connectivity index (χ4n) is 2.12. The highest BCUT2D eigenvalue weighted by Gasteiger charge is 2.17. The molecule has 0 saturated heterocycles. The Bertz CT molecular complexity index is 565. The van der Waals surface area contributed by atoms with Crippen molar-refractivity contribution in [2.45, 2.75) is 39.3 Å². The topological polar surface area (TPSA) is 59.8 Å². The van der Waals surface area contributed by atoms with Gasteiger partial charge in [0.1, 0.15) is 18.7 Å². The van der Waals surface area contributed by atoms with Crippen LogP contribution in [0.4, 0.5) is 0 Å². The Hall–Kier alpha value is -2.17. The Morgan fingerprint density at radius 1 is 1.35 bits per heavy atom. The number of rotatable bonds is 5. The third-order valence-corrected chi connectivity index (χ3v) is 3.39. The van der Waals surface area contributed by atoms with Crippen molar-refractivity contribution in [3.05, 3.63) is 48.0 Å². The van der Waals surface area contributed by atoms with E-state index in [1.807, 2.05) is 26.0 Å². The highest BCUT2D eigenvalue weighted by Crippen LogP contribution is 2.10. The van der Waals surface area contributed by atoms with Crippen LogP contribution < -0.4 is 5.32 Å². The molecule has 0 fully saturated rings.